The quantitative estimate of drug-likeness (QED) is 0.479. The molecule has 0 amide bonds. The average Bonchev–Trinajstić information content (AvgIpc) is 3.04. The molecule has 0 saturated carbocycles. The smallest absolute Gasteiger partial charge is 0.339 e. The Bertz CT molecular complexity index is 884. The lowest BCUT2D eigenvalue weighted by molar-refractivity contribution is -0.384. The van der Waals surface area contributed by atoms with Gasteiger partial charge in [-0.2, -0.15) is 0 Å². The van der Waals surface area contributed by atoms with Crippen molar-refractivity contribution in [3.63, 3.8) is 0 Å². The van der Waals surface area contributed by atoms with Crippen LogP contribution in [0.25, 0.3) is 0 Å². The molecule has 2 aromatic rings. The summed E-state index contributed by atoms with van der Waals surface area (Å²) in [5.41, 5.74) is 2.11. The van der Waals surface area contributed by atoms with Gasteiger partial charge in [-0.15, -0.1) is 0 Å². The third-order valence-electron chi connectivity index (χ3n) is 4.46. The molecule has 0 fully saturated rings. The maximum absolute atomic E-state index is 11.7. The molecule has 0 aromatic heterocycles. The fourth-order valence-electron chi connectivity index (χ4n) is 3.24. The summed E-state index contributed by atoms with van der Waals surface area (Å²) >= 11 is 6.13. The van der Waals surface area contributed by atoms with E-state index in [2.05, 4.69) is 10.1 Å². The Morgan fingerprint density at radius 1 is 1.35 bits per heavy atom. The SMILES string of the molecule is COC(=O)c1cc([N+](=O)[O-])c(NC2CCc3c(OC)cccc32)cc1Cl. The number of carbonyl (C=O) groups is 1. The molecule has 1 aliphatic rings. The van der Waals surface area contributed by atoms with E-state index in [0.29, 0.717) is 0 Å². The highest BCUT2D eigenvalue weighted by Crippen LogP contribution is 2.41. The number of anilines is 1. The zero-order valence-corrected chi connectivity index (χ0v) is 15.0. The number of esters is 1. The first-order chi connectivity index (χ1) is 12.5. The van der Waals surface area contributed by atoms with Crippen LogP contribution in [0.15, 0.2) is 30.3 Å². The minimum atomic E-state index is -0.722. The molecule has 136 valence electrons. The number of rotatable bonds is 5. The lowest BCUT2D eigenvalue weighted by Crippen LogP contribution is -2.11. The summed E-state index contributed by atoms with van der Waals surface area (Å²) in [6.07, 6.45) is 1.57. The minimum absolute atomic E-state index is 0.0418. The first-order valence-corrected chi connectivity index (χ1v) is 8.32. The number of hydrogen-bond acceptors (Lipinski definition) is 6. The van der Waals surface area contributed by atoms with Crippen molar-refractivity contribution in [2.24, 2.45) is 0 Å². The number of carbonyl (C=O) groups excluding carboxylic acids is 1. The Balaban J connectivity index is 1.98. The molecule has 1 unspecified atom stereocenters. The van der Waals surface area contributed by atoms with Gasteiger partial charge in [0.2, 0.25) is 0 Å². The Morgan fingerprint density at radius 2 is 2.12 bits per heavy atom. The van der Waals surface area contributed by atoms with Crippen LogP contribution >= 0.6 is 11.6 Å². The number of fused-ring (bicyclic) bond motifs is 1. The van der Waals surface area contributed by atoms with Gasteiger partial charge in [-0.1, -0.05) is 23.7 Å². The predicted octanol–water partition coefficient (Wildman–Crippen LogP) is 4.14. The summed E-state index contributed by atoms with van der Waals surface area (Å²) in [4.78, 5) is 22.7. The summed E-state index contributed by atoms with van der Waals surface area (Å²) in [5, 5.41) is 14.7. The molecule has 0 radical (unpaired) electrons. The molecule has 3 rings (SSSR count). The van der Waals surface area contributed by atoms with E-state index in [-0.39, 0.29) is 28.0 Å². The molecule has 0 spiro atoms. The topological polar surface area (TPSA) is 90.7 Å². The molecule has 7 nitrogen and oxygen atoms in total. The van der Waals surface area contributed by atoms with Crippen molar-refractivity contribution >= 4 is 28.9 Å². The second kappa shape index (κ2) is 7.21. The molecule has 0 heterocycles. The van der Waals surface area contributed by atoms with Crippen molar-refractivity contribution < 1.29 is 19.2 Å². The van der Waals surface area contributed by atoms with Crippen LogP contribution in [0, 0.1) is 10.1 Å². The molecule has 1 atom stereocenters. The molecule has 26 heavy (non-hydrogen) atoms. The number of nitrogens with one attached hydrogen (secondary N) is 1. The van der Waals surface area contributed by atoms with Crippen molar-refractivity contribution in [1.29, 1.82) is 0 Å². The average molecular weight is 377 g/mol. The number of nitrogens with zero attached hydrogens (tertiary/aromatic N) is 1. The second-order valence-corrected chi connectivity index (χ2v) is 6.27. The van der Waals surface area contributed by atoms with Gasteiger partial charge in [0, 0.05) is 6.07 Å². The molecule has 8 heteroatoms. The van der Waals surface area contributed by atoms with E-state index in [9.17, 15) is 14.9 Å². The second-order valence-electron chi connectivity index (χ2n) is 5.86. The third-order valence-corrected chi connectivity index (χ3v) is 4.78. The molecule has 1 N–H and O–H groups in total. The van der Waals surface area contributed by atoms with Crippen molar-refractivity contribution in [2.45, 2.75) is 18.9 Å². The van der Waals surface area contributed by atoms with Crippen LogP contribution in [0.5, 0.6) is 5.75 Å². The predicted molar refractivity (Wildman–Crippen MR) is 97.1 cm³/mol. The van der Waals surface area contributed by atoms with E-state index in [0.717, 1.165) is 35.8 Å². The number of nitro groups is 1. The van der Waals surface area contributed by atoms with E-state index in [1.165, 1.54) is 13.2 Å². The van der Waals surface area contributed by atoms with Crippen molar-refractivity contribution in [3.05, 3.63) is 62.2 Å². The summed E-state index contributed by atoms with van der Waals surface area (Å²) in [6, 6.07) is 8.17. The van der Waals surface area contributed by atoms with Crippen molar-refractivity contribution in [2.75, 3.05) is 19.5 Å². The van der Waals surface area contributed by atoms with Crippen LogP contribution < -0.4 is 10.1 Å². The van der Waals surface area contributed by atoms with Crippen LogP contribution in [0.1, 0.15) is 33.9 Å². The number of methoxy groups -OCH3 is 2. The number of halogens is 1. The van der Waals surface area contributed by atoms with Crippen LogP contribution in [0.2, 0.25) is 5.02 Å². The fourth-order valence-corrected chi connectivity index (χ4v) is 3.49. The van der Waals surface area contributed by atoms with Crippen LogP contribution in [0.4, 0.5) is 11.4 Å². The van der Waals surface area contributed by atoms with Gasteiger partial charge >= 0.3 is 5.97 Å². The first kappa shape index (κ1) is 18.0. The van der Waals surface area contributed by atoms with Gasteiger partial charge in [0.25, 0.3) is 5.69 Å². The molecule has 2 aromatic carbocycles. The number of benzene rings is 2. The number of ether oxygens (including phenoxy) is 2. The molecular weight excluding hydrogens is 360 g/mol. The molecule has 0 saturated heterocycles. The molecule has 1 aliphatic carbocycles. The Labute approximate surface area is 155 Å². The number of nitro benzene ring substituents is 1. The van der Waals surface area contributed by atoms with E-state index in [1.54, 1.807) is 7.11 Å². The maximum atomic E-state index is 11.7. The zero-order valence-electron chi connectivity index (χ0n) is 14.2. The summed E-state index contributed by atoms with van der Waals surface area (Å²) < 4.78 is 10.00. The molecule has 0 aliphatic heterocycles. The van der Waals surface area contributed by atoms with E-state index >= 15 is 0 Å². The van der Waals surface area contributed by atoms with E-state index in [1.807, 2.05) is 18.2 Å². The fraction of sp³-hybridized carbons (Fsp3) is 0.278. The van der Waals surface area contributed by atoms with Crippen LogP contribution in [-0.2, 0) is 11.2 Å². The van der Waals surface area contributed by atoms with E-state index < -0.39 is 10.9 Å². The molecule has 0 bridgehead atoms. The van der Waals surface area contributed by atoms with Gasteiger partial charge < -0.3 is 14.8 Å². The molecular formula is C18H17ClN2O5. The lowest BCUT2D eigenvalue weighted by Gasteiger charge is -2.17. The van der Waals surface area contributed by atoms with Gasteiger partial charge in [-0.3, -0.25) is 10.1 Å². The summed E-state index contributed by atoms with van der Waals surface area (Å²) in [6.45, 7) is 0. The standard InChI is InChI=1S/C18H17ClN2O5/c1-25-17-5-3-4-10-11(17)6-7-14(10)20-15-9-13(19)12(18(22)26-2)8-16(15)21(23)24/h3-5,8-9,14,20H,6-7H2,1-2H3. The highest BCUT2D eigenvalue weighted by Gasteiger charge is 2.28. The summed E-state index contributed by atoms with van der Waals surface area (Å²) in [5.74, 6) is 0.0842. The zero-order chi connectivity index (χ0) is 18.8. The third kappa shape index (κ3) is 3.17. The Kier molecular flexibility index (Phi) is 4.99. The Hall–Kier alpha value is -2.80. The van der Waals surface area contributed by atoms with Crippen LogP contribution in [-0.4, -0.2) is 25.1 Å². The van der Waals surface area contributed by atoms with Crippen molar-refractivity contribution in [1.82, 2.24) is 0 Å². The van der Waals surface area contributed by atoms with Gasteiger partial charge in [0.05, 0.1) is 35.8 Å². The van der Waals surface area contributed by atoms with Gasteiger partial charge in [0.15, 0.2) is 0 Å². The summed E-state index contributed by atoms with van der Waals surface area (Å²) in [7, 11) is 2.81. The van der Waals surface area contributed by atoms with Gasteiger partial charge in [0.1, 0.15) is 11.4 Å². The van der Waals surface area contributed by atoms with Crippen molar-refractivity contribution in [3.8, 4) is 5.75 Å². The normalized spacial score (nSPS) is 15.3. The largest absolute Gasteiger partial charge is 0.496 e. The maximum Gasteiger partial charge on any atom is 0.339 e. The Morgan fingerprint density at radius 3 is 2.77 bits per heavy atom. The highest BCUT2D eigenvalue weighted by atomic mass is 35.5. The lowest BCUT2D eigenvalue weighted by atomic mass is 10.1. The monoisotopic (exact) mass is 376 g/mol. The van der Waals surface area contributed by atoms with Gasteiger partial charge in [-0.25, -0.2) is 4.79 Å². The number of hydrogen-bond donors (Lipinski definition) is 1. The highest BCUT2D eigenvalue weighted by molar-refractivity contribution is 6.34. The minimum Gasteiger partial charge on any atom is -0.496 e. The van der Waals surface area contributed by atoms with Crippen LogP contribution in [0.3, 0.4) is 0 Å². The van der Waals surface area contributed by atoms with Gasteiger partial charge in [-0.05, 0) is 36.1 Å². The first-order valence-electron chi connectivity index (χ1n) is 7.94. The van der Waals surface area contributed by atoms with E-state index in [4.69, 9.17) is 16.3 Å².